The van der Waals surface area contributed by atoms with Gasteiger partial charge >= 0.3 is 5.97 Å². The summed E-state index contributed by atoms with van der Waals surface area (Å²) in [7, 11) is 1.50. The number of phenols is 1. The molecule has 0 spiro atoms. The Kier molecular flexibility index (Phi) is 4.70. The van der Waals surface area contributed by atoms with Crippen molar-refractivity contribution >= 4 is 28.4 Å². The van der Waals surface area contributed by atoms with Gasteiger partial charge in [-0.1, -0.05) is 0 Å². The number of nitrogens with one attached hydrogen (secondary N) is 1. The molecule has 0 unspecified atom stereocenters. The average Bonchev–Trinajstić information content (AvgIpc) is 2.62. The van der Waals surface area contributed by atoms with E-state index < -0.39 is 0 Å². The number of aromatic nitrogens is 1. The standard InChI is InChI=1S/C19H18N2O4/c1-3-25-19(23)12-4-7-14(8-5-12)20-18-9-6-13-10-17(24-2)16(22)11-15(13)21-18/h4-11,22H,3H2,1-2H3,(H,20,21). The van der Waals surface area contributed by atoms with E-state index in [2.05, 4.69) is 10.3 Å². The molecule has 3 aromatic rings. The van der Waals surface area contributed by atoms with Crippen LogP contribution in [0.15, 0.2) is 48.5 Å². The monoisotopic (exact) mass is 338 g/mol. The van der Waals surface area contributed by atoms with Gasteiger partial charge in [0.25, 0.3) is 0 Å². The minimum Gasteiger partial charge on any atom is -0.504 e. The average molecular weight is 338 g/mol. The van der Waals surface area contributed by atoms with Crippen LogP contribution in [0.5, 0.6) is 11.5 Å². The fraction of sp³-hybridized carbons (Fsp3) is 0.158. The van der Waals surface area contributed by atoms with Crippen molar-refractivity contribution in [1.82, 2.24) is 4.98 Å². The molecule has 25 heavy (non-hydrogen) atoms. The van der Waals surface area contributed by atoms with Crippen molar-refractivity contribution in [2.75, 3.05) is 19.0 Å². The summed E-state index contributed by atoms with van der Waals surface area (Å²) >= 11 is 0. The van der Waals surface area contributed by atoms with Crippen LogP contribution in [-0.4, -0.2) is 29.8 Å². The van der Waals surface area contributed by atoms with Crippen molar-refractivity contribution < 1.29 is 19.4 Å². The summed E-state index contributed by atoms with van der Waals surface area (Å²) in [6.07, 6.45) is 0. The lowest BCUT2D eigenvalue weighted by molar-refractivity contribution is 0.0526. The van der Waals surface area contributed by atoms with Crippen LogP contribution >= 0.6 is 0 Å². The van der Waals surface area contributed by atoms with E-state index in [0.717, 1.165) is 11.1 Å². The van der Waals surface area contributed by atoms with Crippen molar-refractivity contribution in [2.45, 2.75) is 6.92 Å². The third kappa shape index (κ3) is 3.63. The minimum absolute atomic E-state index is 0.0402. The zero-order valence-electron chi connectivity index (χ0n) is 13.9. The zero-order chi connectivity index (χ0) is 17.8. The van der Waals surface area contributed by atoms with Gasteiger partial charge in [-0.05, 0) is 49.4 Å². The van der Waals surface area contributed by atoms with Gasteiger partial charge in [0.1, 0.15) is 5.82 Å². The van der Waals surface area contributed by atoms with Crippen molar-refractivity contribution in [1.29, 1.82) is 0 Å². The molecule has 3 rings (SSSR count). The molecule has 2 N–H and O–H groups in total. The van der Waals surface area contributed by atoms with E-state index in [1.165, 1.54) is 7.11 Å². The Morgan fingerprint density at radius 3 is 2.60 bits per heavy atom. The summed E-state index contributed by atoms with van der Waals surface area (Å²) in [5.74, 6) is 0.728. The van der Waals surface area contributed by atoms with E-state index in [-0.39, 0.29) is 11.7 Å². The number of carbonyl (C=O) groups is 1. The first kappa shape index (κ1) is 16.6. The number of pyridine rings is 1. The molecule has 0 fully saturated rings. The van der Waals surface area contributed by atoms with Gasteiger partial charge in [0.2, 0.25) is 0 Å². The number of rotatable bonds is 5. The van der Waals surface area contributed by atoms with E-state index in [0.29, 0.717) is 29.3 Å². The first-order valence-electron chi connectivity index (χ1n) is 7.82. The van der Waals surface area contributed by atoms with E-state index in [9.17, 15) is 9.90 Å². The molecule has 2 aromatic carbocycles. The van der Waals surface area contributed by atoms with Crippen LogP contribution in [0.4, 0.5) is 11.5 Å². The van der Waals surface area contributed by atoms with Gasteiger partial charge in [0, 0.05) is 17.1 Å². The quantitative estimate of drug-likeness (QED) is 0.687. The van der Waals surface area contributed by atoms with Gasteiger partial charge in [-0.2, -0.15) is 0 Å². The summed E-state index contributed by atoms with van der Waals surface area (Å²) in [6, 6.07) is 14.0. The summed E-state index contributed by atoms with van der Waals surface area (Å²) in [6.45, 7) is 2.12. The molecule has 128 valence electrons. The number of hydrogen-bond acceptors (Lipinski definition) is 6. The maximum Gasteiger partial charge on any atom is 0.338 e. The SMILES string of the molecule is CCOC(=O)c1ccc(Nc2ccc3cc(OC)c(O)cc3n2)cc1. The van der Waals surface area contributed by atoms with Gasteiger partial charge in [-0.15, -0.1) is 0 Å². The first-order valence-corrected chi connectivity index (χ1v) is 7.82. The summed E-state index contributed by atoms with van der Waals surface area (Å²) in [5.41, 5.74) is 1.93. The molecule has 0 saturated heterocycles. The summed E-state index contributed by atoms with van der Waals surface area (Å²) in [5, 5.41) is 13.9. The number of fused-ring (bicyclic) bond motifs is 1. The number of methoxy groups -OCH3 is 1. The molecule has 0 aliphatic carbocycles. The van der Waals surface area contributed by atoms with Gasteiger partial charge in [0.05, 0.1) is 24.8 Å². The second-order valence-corrected chi connectivity index (χ2v) is 5.34. The van der Waals surface area contributed by atoms with Crippen LogP contribution in [0, 0.1) is 0 Å². The largest absolute Gasteiger partial charge is 0.504 e. The Hall–Kier alpha value is -3.28. The zero-order valence-corrected chi connectivity index (χ0v) is 13.9. The molecule has 0 radical (unpaired) electrons. The highest BCUT2D eigenvalue weighted by atomic mass is 16.5. The van der Waals surface area contributed by atoms with Gasteiger partial charge in [-0.3, -0.25) is 0 Å². The Labute approximate surface area is 145 Å². The molecular weight excluding hydrogens is 320 g/mol. The normalized spacial score (nSPS) is 10.5. The molecule has 0 aliphatic heterocycles. The number of esters is 1. The Bertz CT molecular complexity index is 907. The van der Waals surface area contributed by atoms with E-state index in [1.54, 1.807) is 43.3 Å². The predicted octanol–water partition coefficient (Wildman–Crippen LogP) is 3.87. The smallest absolute Gasteiger partial charge is 0.338 e. The number of carbonyl (C=O) groups excluding carboxylic acids is 1. The highest BCUT2D eigenvalue weighted by Crippen LogP contribution is 2.31. The maximum absolute atomic E-state index is 11.7. The highest BCUT2D eigenvalue weighted by molar-refractivity contribution is 5.90. The van der Waals surface area contributed by atoms with Crippen LogP contribution in [0.2, 0.25) is 0 Å². The van der Waals surface area contributed by atoms with Crippen LogP contribution in [-0.2, 0) is 4.74 Å². The van der Waals surface area contributed by atoms with Crippen molar-refractivity contribution in [2.24, 2.45) is 0 Å². The fourth-order valence-corrected chi connectivity index (χ4v) is 2.42. The minimum atomic E-state index is -0.345. The molecule has 0 saturated carbocycles. The first-order chi connectivity index (χ1) is 12.1. The Morgan fingerprint density at radius 2 is 1.92 bits per heavy atom. The lowest BCUT2D eigenvalue weighted by Crippen LogP contribution is -2.04. The van der Waals surface area contributed by atoms with Crippen LogP contribution in [0.1, 0.15) is 17.3 Å². The second-order valence-electron chi connectivity index (χ2n) is 5.34. The molecule has 0 aliphatic rings. The lowest BCUT2D eigenvalue weighted by atomic mass is 10.2. The third-order valence-electron chi connectivity index (χ3n) is 3.66. The Morgan fingerprint density at radius 1 is 1.16 bits per heavy atom. The van der Waals surface area contributed by atoms with Crippen molar-refractivity contribution in [3.05, 3.63) is 54.1 Å². The topological polar surface area (TPSA) is 80.7 Å². The number of anilines is 2. The molecule has 1 aromatic heterocycles. The number of phenolic OH excluding ortho intramolecular Hbond substituents is 1. The van der Waals surface area contributed by atoms with E-state index in [4.69, 9.17) is 9.47 Å². The number of nitrogens with zero attached hydrogens (tertiary/aromatic N) is 1. The number of hydrogen-bond donors (Lipinski definition) is 2. The molecule has 6 heteroatoms. The summed E-state index contributed by atoms with van der Waals surface area (Å²) < 4.78 is 10.1. The van der Waals surface area contributed by atoms with Gasteiger partial charge < -0.3 is 19.9 Å². The van der Waals surface area contributed by atoms with Crippen LogP contribution in [0.25, 0.3) is 10.9 Å². The lowest BCUT2D eigenvalue weighted by Gasteiger charge is -2.09. The molecular formula is C19H18N2O4. The number of benzene rings is 2. The van der Waals surface area contributed by atoms with Gasteiger partial charge in [0.15, 0.2) is 11.5 Å². The number of ether oxygens (including phenoxy) is 2. The molecule has 0 bridgehead atoms. The molecule has 1 heterocycles. The Balaban J connectivity index is 1.81. The third-order valence-corrected chi connectivity index (χ3v) is 3.66. The molecule has 6 nitrogen and oxygen atoms in total. The van der Waals surface area contributed by atoms with Crippen molar-refractivity contribution in [3.8, 4) is 11.5 Å². The van der Waals surface area contributed by atoms with Crippen LogP contribution < -0.4 is 10.1 Å². The van der Waals surface area contributed by atoms with Crippen molar-refractivity contribution in [3.63, 3.8) is 0 Å². The molecule has 0 amide bonds. The maximum atomic E-state index is 11.7. The second kappa shape index (κ2) is 7.09. The fourth-order valence-electron chi connectivity index (χ4n) is 2.42. The number of aromatic hydroxyl groups is 1. The summed E-state index contributed by atoms with van der Waals surface area (Å²) in [4.78, 5) is 16.1. The highest BCUT2D eigenvalue weighted by Gasteiger charge is 2.08. The van der Waals surface area contributed by atoms with E-state index >= 15 is 0 Å². The van der Waals surface area contributed by atoms with Crippen LogP contribution in [0.3, 0.4) is 0 Å². The van der Waals surface area contributed by atoms with Gasteiger partial charge in [-0.25, -0.2) is 9.78 Å². The molecule has 0 atom stereocenters. The predicted molar refractivity (Wildman–Crippen MR) is 95.6 cm³/mol. The van der Waals surface area contributed by atoms with E-state index in [1.807, 2.05) is 12.1 Å².